The molecule has 2 aromatic rings. The zero-order chi connectivity index (χ0) is 17.7. The third-order valence-electron chi connectivity index (χ3n) is 3.70. The summed E-state index contributed by atoms with van der Waals surface area (Å²) in [5.41, 5.74) is 1.57. The van der Waals surface area contributed by atoms with Crippen molar-refractivity contribution in [2.75, 3.05) is 7.05 Å². The van der Waals surface area contributed by atoms with E-state index in [-0.39, 0.29) is 17.7 Å². The minimum Gasteiger partial charge on any atom is -0.340 e. The second-order valence-electron chi connectivity index (χ2n) is 6.03. The highest BCUT2D eigenvalue weighted by atomic mass is 35.5. The molecule has 1 N–H and O–H groups in total. The molecule has 2 rings (SSSR count). The summed E-state index contributed by atoms with van der Waals surface area (Å²) >= 11 is 7.44. The van der Waals surface area contributed by atoms with Gasteiger partial charge in [-0.15, -0.1) is 0 Å². The number of carbonyl (C=O) groups is 2. The van der Waals surface area contributed by atoms with Gasteiger partial charge in [-0.1, -0.05) is 25.4 Å². The largest absolute Gasteiger partial charge is 0.340 e. The van der Waals surface area contributed by atoms with Gasteiger partial charge in [0.1, 0.15) is 6.04 Å². The topological polar surface area (TPSA) is 49.4 Å². The lowest BCUT2D eigenvalue weighted by Crippen LogP contribution is -2.50. The molecule has 0 aliphatic carbocycles. The molecule has 128 valence electrons. The first-order valence-corrected chi connectivity index (χ1v) is 9.03. The molecule has 0 spiro atoms. The van der Waals surface area contributed by atoms with Gasteiger partial charge in [0.2, 0.25) is 5.91 Å². The van der Waals surface area contributed by atoms with Gasteiger partial charge in [0.05, 0.1) is 0 Å². The summed E-state index contributed by atoms with van der Waals surface area (Å²) in [6, 6.07) is 8.03. The molecule has 1 aromatic heterocycles. The predicted molar refractivity (Wildman–Crippen MR) is 98.3 cm³/mol. The van der Waals surface area contributed by atoms with Crippen molar-refractivity contribution in [1.29, 1.82) is 0 Å². The lowest BCUT2D eigenvalue weighted by Gasteiger charge is -2.27. The number of halogens is 1. The smallest absolute Gasteiger partial charge is 0.251 e. The van der Waals surface area contributed by atoms with Crippen LogP contribution in [0.4, 0.5) is 0 Å². The Balaban J connectivity index is 2.06. The number of thiophene rings is 1. The Kier molecular flexibility index (Phi) is 6.40. The first kappa shape index (κ1) is 18.5. The molecule has 1 aromatic carbocycles. The first-order chi connectivity index (χ1) is 11.4. The fourth-order valence-corrected chi connectivity index (χ4v) is 3.10. The van der Waals surface area contributed by atoms with Crippen LogP contribution in [0.2, 0.25) is 5.02 Å². The van der Waals surface area contributed by atoms with Crippen molar-refractivity contribution in [3.63, 3.8) is 0 Å². The van der Waals surface area contributed by atoms with Gasteiger partial charge in [0, 0.05) is 24.2 Å². The molecule has 6 heteroatoms. The molecule has 0 saturated carbocycles. The lowest BCUT2D eigenvalue weighted by atomic mass is 10.0. The normalized spacial score (nSPS) is 12.0. The van der Waals surface area contributed by atoms with E-state index in [4.69, 9.17) is 11.6 Å². The minimum atomic E-state index is -0.572. The fraction of sp³-hybridized carbons (Fsp3) is 0.333. The van der Waals surface area contributed by atoms with Crippen LogP contribution in [-0.4, -0.2) is 29.8 Å². The van der Waals surface area contributed by atoms with E-state index in [0.717, 1.165) is 5.56 Å². The van der Waals surface area contributed by atoms with E-state index in [1.807, 2.05) is 30.7 Å². The molecular formula is C18H21ClN2O2S. The van der Waals surface area contributed by atoms with Gasteiger partial charge in [-0.3, -0.25) is 9.59 Å². The Morgan fingerprint density at radius 3 is 2.42 bits per heavy atom. The van der Waals surface area contributed by atoms with Gasteiger partial charge in [-0.25, -0.2) is 0 Å². The summed E-state index contributed by atoms with van der Waals surface area (Å²) in [4.78, 5) is 26.8. The van der Waals surface area contributed by atoms with E-state index in [0.29, 0.717) is 17.1 Å². The Hall–Kier alpha value is -1.85. The highest BCUT2D eigenvalue weighted by Gasteiger charge is 2.27. The van der Waals surface area contributed by atoms with Crippen LogP contribution in [0.15, 0.2) is 41.1 Å². The third kappa shape index (κ3) is 4.82. The number of likely N-dealkylation sites (N-methyl/N-ethyl adjacent to an activating group) is 1. The Morgan fingerprint density at radius 2 is 1.88 bits per heavy atom. The van der Waals surface area contributed by atoms with E-state index in [2.05, 4.69) is 5.32 Å². The van der Waals surface area contributed by atoms with E-state index in [1.54, 1.807) is 47.5 Å². The van der Waals surface area contributed by atoms with Crippen molar-refractivity contribution < 1.29 is 9.59 Å². The molecule has 1 heterocycles. The molecular weight excluding hydrogens is 344 g/mol. The third-order valence-corrected chi connectivity index (χ3v) is 4.69. The lowest BCUT2D eigenvalue weighted by molar-refractivity contribution is -0.133. The van der Waals surface area contributed by atoms with Gasteiger partial charge in [-0.2, -0.15) is 11.3 Å². The Bertz CT molecular complexity index is 684. The maximum Gasteiger partial charge on any atom is 0.251 e. The molecule has 0 radical (unpaired) electrons. The SMILES string of the molecule is CC(C)[C@H](NC(=O)c1ccc(Cl)cc1)C(=O)N(C)Cc1ccsc1. The van der Waals surface area contributed by atoms with E-state index in [1.165, 1.54) is 0 Å². The van der Waals surface area contributed by atoms with Crippen LogP contribution in [-0.2, 0) is 11.3 Å². The Morgan fingerprint density at radius 1 is 1.21 bits per heavy atom. The minimum absolute atomic E-state index is 0.0151. The second kappa shape index (κ2) is 8.31. The molecule has 1 atom stereocenters. The van der Waals surface area contributed by atoms with Crippen LogP contribution in [0.3, 0.4) is 0 Å². The number of benzene rings is 1. The van der Waals surface area contributed by atoms with Gasteiger partial charge < -0.3 is 10.2 Å². The predicted octanol–water partition coefficient (Wildman–Crippen LogP) is 3.81. The molecule has 0 saturated heterocycles. The quantitative estimate of drug-likeness (QED) is 0.847. The van der Waals surface area contributed by atoms with Crippen molar-refractivity contribution in [2.45, 2.75) is 26.4 Å². The maximum absolute atomic E-state index is 12.7. The van der Waals surface area contributed by atoms with Crippen molar-refractivity contribution in [3.8, 4) is 0 Å². The second-order valence-corrected chi connectivity index (χ2v) is 7.24. The van der Waals surface area contributed by atoms with Crippen LogP contribution in [0.25, 0.3) is 0 Å². The molecule has 4 nitrogen and oxygen atoms in total. The van der Waals surface area contributed by atoms with E-state index < -0.39 is 6.04 Å². The Labute approximate surface area is 151 Å². The number of nitrogens with one attached hydrogen (secondary N) is 1. The zero-order valence-electron chi connectivity index (χ0n) is 14.0. The average molecular weight is 365 g/mol. The van der Waals surface area contributed by atoms with Crippen molar-refractivity contribution in [1.82, 2.24) is 10.2 Å². The number of carbonyl (C=O) groups excluding carboxylic acids is 2. The van der Waals surface area contributed by atoms with Crippen LogP contribution in [0.5, 0.6) is 0 Å². The van der Waals surface area contributed by atoms with Crippen LogP contribution in [0.1, 0.15) is 29.8 Å². The van der Waals surface area contributed by atoms with Gasteiger partial charge in [0.15, 0.2) is 0 Å². The monoisotopic (exact) mass is 364 g/mol. The summed E-state index contributed by atoms with van der Waals surface area (Å²) in [6.45, 7) is 4.37. The van der Waals surface area contributed by atoms with Gasteiger partial charge in [0.25, 0.3) is 5.91 Å². The number of nitrogens with zero attached hydrogens (tertiary/aromatic N) is 1. The highest BCUT2D eigenvalue weighted by molar-refractivity contribution is 7.07. The summed E-state index contributed by atoms with van der Waals surface area (Å²) in [6.07, 6.45) is 0. The number of amides is 2. The fourth-order valence-electron chi connectivity index (χ4n) is 2.31. The number of hydrogen-bond donors (Lipinski definition) is 1. The summed E-state index contributed by atoms with van der Waals surface area (Å²) in [7, 11) is 1.75. The molecule has 0 aliphatic heterocycles. The van der Waals surface area contributed by atoms with Crippen LogP contribution < -0.4 is 5.32 Å². The molecule has 0 bridgehead atoms. The summed E-state index contributed by atoms with van der Waals surface area (Å²) in [5.74, 6) is -0.389. The van der Waals surface area contributed by atoms with E-state index >= 15 is 0 Å². The molecule has 2 amide bonds. The van der Waals surface area contributed by atoms with E-state index in [9.17, 15) is 9.59 Å². The van der Waals surface area contributed by atoms with Gasteiger partial charge >= 0.3 is 0 Å². The standard InChI is InChI=1S/C18H21ClN2O2S/c1-12(2)16(18(23)21(3)10-13-8-9-24-11-13)20-17(22)14-4-6-15(19)7-5-14/h4-9,11-12,16H,10H2,1-3H3,(H,20,22)/t16-/m0/s1. The summed E-state index contributed by atoms with van der Waals surface area (Å²) in [5, 5.41) is 7.41. The maximum atomic E-state index is 12.7. The molecule has 0 unspecified atom stereocenters. The van der Waals surface area contributed by atoms with Crippen molar-refractivity contribution in [3.05, 3.63) is 57.2 Å². The van der Waals surface area contributed by atoms with Crippen LogP contribution >= 0.6 is 22.9 Å². The summed E-state index contributed by atoms with van der Waals surface area (Å²) < 4.78 is 0. The highest BCUT2D eigenvalue weighted by Crippen LogP contribution is 2.13. The van der Waals surface area contributed by atoms with Crippen molar-refractivity contribution >= 4 is 34.8 Å². The first-order valence-electron chi connectivity index (χ1n) is 7.71. The van der Waals surface area contributed by atoms with Crippen LogP contribution in [0, 0.1) is 5.92 Å². The number of rotatable bonds is 6. The van der Waals surface area contributed by atoms with Crippen molar-refractivity contribution in [2.24, 2.45) is 5.92 Å². The number of hydrogen-bond acceptors (Lipinski definition) is 3. The van der Waals surface area contributed by atoms with Gasteiger partial charge in [-0.05, 0) is 52.6 Å². The zero-order valence-corrected chi connectivity index (χ0v) is 15.5. The average Bonchev–Trinajstić information content (AvgIpc) is 3.05. The molecule has 0 aliphatic rings. The molecule has 24 heavy (non-hydrogen) atoms. The molecule has 0 fully saturated rings.